The summed E-state index contributed by atoms with van der Waals surface area (Å²) in [4.78, 5) is 15.2. The van der Waals surface area contributed by atoms with Gasteiger partial charge in [0.05, 0.1) is 17.1 Å². The van der Waals surface area contributed by atoms with Crippen LogP contribution in [0, 0.1) is 0 Å². The number of rotatable bonds is 3. The summed E-state index contributed by atoms with van der Waals surface area (Å²) in [6, 6.07) is 7.28. The van der Waals surface area contributed by atoms with Gasteiger partial charge in [0.25, 0.3) is 0 Å². The van der Waals surface area contributed by atoms with Crippen molar-refractivity contribution in [1.82, 2.24) is 9.55 Å². The Morgan fingerprint density at radius 2 is 2.19 bits per heavy atom. The zero-order valence-corrected chi connectivity index (χ0v) is 9.05. The first-order valence-electron chi connectivity index (χ1n) is 5.05. The minimum Gasteiger partial charge on any atom is -0.370 e. The third-order valence-corrected chi connectivity index (χ3v) is 2.57. The summed E-state index contributed by atoms with van der Waals surface area (Å²) >= 11 is 0. The van der Waals surface area contributed by atoms with E-state index in [4.69, 9.17) is 11.5 Å². The van der Waals surface area contributed by atoms with E-state index in [1.807, 2.05) is 35.9 Å². The SMILES string of the molecule is Cn1c([C@@H](N)CC(N)=O)nc2ccccc21. The second-order valence-electron chi connectivity index (χ2n) is 3.79. The largest absolute Gasteiger partial charge is 0.370 e. The molecule has 0 aliphatic carbocycles. The molecule has 0 fully saturated rings. The fourth-order valence-electron chi connectivity index (χ4n) is 1.80. The molecule has 0 saturated heterocycles. The van der Waals surface area contributed by atoms with Gasteiger partial charge in [-0.25, -0.2) is 4.98 Å². The van der Waals surface area contributed by atoms with Gasteiger partial charge in [0.15, 0.2) is 0 Å². The first kappa shape index (κ1) is 10.6. The number of aryl methyl sites for hydroxylation is 1. The summed E-state index contributed by atoms with van der Waals surface area (Å²) in [5.41, 5.74) is 12.9. The molecular formula is C11H14N4O. The number of para-hydroxylation sites is 2. The van der Waals surface area contributed by atoms with Gasteiger partial charge in [0, 0.05) is 13.5 Å². The summed E-state index contributed by atoms with van der Waals surface area (Å²) in [5.74, 6) is 0.263. The van der Waals surface area contributed by atoms with Crippen molar-refractivity contribution in [2.45, 2.75) is 12.5 Å². The zero-order chi connectivity index (χ0) is 11.7. The number of hydrogen-bond donors (Lipinski definition) is 2. The maximum Gasteiger partial charge on any atom is 0.219 e. The predicted molar refractivity (Wildman–Crippen MR) is 61.5 cm³/mol. The molecule has 1 heterocycles. The topological polar surface area (TPSA) is 86.9 Å². The number of imidazole rings is 1. The molecule has 1 aromatic heterocycles. The molecule has 2 aromatic rings. The van der Waals surface area contributed by atoms with E-state index < -0.39 is 11.9 Å². The number of nitrogens with two attached hydrogens (primary N) is 2. The van der Waals surface area contributed by atoms with Crippen molar-refractivity contribution in [3.05, 3.63) is 30.1 Å². The molecule has 0 bridgehead atoms. The predicted octanol–water partition coefficient (Wildman–Crippen LogP) is 0.449. The maximum absolute atomic E-state index is 10.8. The highest BCUT2D eigenvalue weighted by Gasteiger charge is 2.16. The van der Waals surface area contributed by atoms with Gasteiger partial charge >= 0.3 is 0 Å². The van der Waals surface area contributed by atoms with Crippen LogP contribution in [-0.4, -0.2) is 15.5 Å². The van der Waals surface area contributed by atoms with Gasteiger partial charge in [0.2, 0.25) is 5.91 Å². The molecule has 0 saturated carbocycles. The standard InChI is InChI=1S/C11H14N4O/c1-15-9-5-3-2-4-8(9)14-11(15)7(12)6-10(13)16/h2-5,7H,6,12H2,1H3,(H2,13,16)/t7-/m0/s1. The summed E-state index contributed by atoms with van der Waals surface area (Å²) in [6.45, 7) is 0. The number of nitrogens with zero attached hydrogens (tertiary/aromatic N) is 2. The van der Waals surface area contributed by atoms with Gasteiger partial charge in [-0.1, -0.05) is 12.1 Å². The molecule has 4 N–H and O–H groups in total. The van der Waals surface area contributed by atoms with Crippen molar-refractivity contribution in [3.63, 3.8) is 0 Å². The van der Waals surface area contributed by atoms with Crippen molar-refractivity contribution in [2.24, 2.45) is 18.5 Å². The average molecular weight is 218 g/mol. The number of amides is 1. The Hall–Kier alpha value is -1.88. The van der Waals surface area contributed by atoms with Crippen molar-refractivity contribution >= 4 is 16.9 Å². The van der Waals surface area contributed by atoms with Crippen molar-refractivity contribution in [3.8, 4) is 0 Å². The van der Waals surface area contributed by atoms with Crippen LogP contribution in [-0.2, 0) is 11.8 Å². The lowest BCUT2D eigenvalue weighted by Crippen LogP contribution is -2.23. The number of benzene rings is 1. The molecule has 0 spiro atoms. The molecule has 0 unspecified atom stereocenters. The monoisotopic (exact) mass is 218 g/mol. The molecule has 1 aromatic carbocycles. The minimum absolute atomic E-state index is 0.108. The summed E-state index contributed by atoms with van der Waals surface area (Å²) in [6.07, 6.45) is 0.108. The highest BCUT2D eigenvalue weighted by molar-refractivity contribution is 5.77. The number of aromatic nitrogens is 2. The Balaban J connectivity index is 2.45. The average Bonchev–Trinajstić information content (AvgIpc) is 2.56. The van der Waals surface area contributed by atoms with E-state index >= 15 is 0 Å². The van der Waals surface area contributed by atoms with Crippen LogP contribution in [0.1, 0.15) is 18.3 Å². The number of hydrogen-bond acceptors (Lipinski definition) is 3. The lowest BCUT2D eigenvalue weighted by atomic mass is 10.2. The third kappa shape index (κ3) is 1.77. The molecule has 2 rings (SSSR count). The lowest BCUT2D eigenvalue weighted by molar-refractivity contribution is -0.118. The Labute approximate surface area is 93.1 Å². The number of carbonyl (C=O) groups is 1. The highest BCUT2D eigenvalue weighted by Crippen LogP contribution is 2.19. The smallest absolute Gasteiger partial charge is 0.219 e. The molecule has 5 nitrogen and oxygen atoms in total. The molecule has 16 heavy (non-hydrogen) atoms. The van der Waals surface area contributed by atoms with Crippen molar-refractivity contribution in [1.29, 1.82) is 0 Å². The van der Waals surface area contributed by atoms with Crippen LogP contribution in [0.2, 0.25) is 0 Å². The van der Waals surface area contributed by atoms with E-state index in [9.17, 15) is 4.79 Å². The first-order valence-corrected chi connectivity index (χ1v) is 5.05. The number of primary amides is 1. The van der Waals surface area contributed by atoms with Crippen LogP contribution in [0.25, 0.3) is 11.0 Å². The van der Waals surface area contributed by atoms with Crippen molar-refractivity contribution in [2.75, 3.05) is 0 Å². The molecule has 1 atom stereocenters. The molecule has 84 valence electrons. The third-order valence-electron chi connectivity index (χ3n) is 2.57. The van der Waals surface area contributed by atoms with Crippen LogP contribution < -0.4 is 11.5 Å². The fourth-order valence-corrected chi connectivity index (χ4v) is 1.80. The van der Waals surface area contributed by atoms with E-state index in [2.05, 4.69) is 4.98 Å². The van der Waals surface area contributed by atoms with Crippen molar-refractivity contribution < 1.29 is 4.79 Å². The Bertz CT molecular complexity index is 532. The zero-order valence-electron chi connectivity index (χ0n) is 9.05. The van der Waals surface area contributed by atoms with Gasteiger partial charge in [-0.3, -0.25) is 4.79 Å². The second-order valence-corrected chi connectivity index (χ2v) is 3.79. The van der Waals surface area contributed by atoms with Gasteiger partial charge in [-0.15, -0.1) is 0 Å². The van der Waals surface area contributed by atoms with Gasteiger partial charge in [0.1, 0.15) is 5.82 Å². The van der Waals surface area contributed by atoms with Gasteiger partial charge < -0.3 is 16.0 Å². The number of fused-ring (bicyclic) bond motifs is 1. The first-order chi connectivity index (χ1) is 7.59. The molecule has 0 aliphatic rings. The van der Waals surface area contributed by atoms with Gasteiger partial charge in [-0.05, 0) is 12.1 Å². The normalized spacial score (nSPS) is 12.9. The molecule has 0 aliphatic heterocycles. The van der Waals surface area contributed by atoms with Crippen LogP contribution in [0.5, 0.6) is 0 Å². The molecule has 5 heteroatoms. The molecule has 0 radical (unpaired) electrons. The molecular weight excluding hydrogens is 204 g/mol. The summed E-state index contributed by atoms with van der Waals surface area (Å²) in [7, 11) is 1.88. The Kier molecular flexibility index (Phi) is 2.62. The number of carbonyl (C=O) groups excluding carboxylic acids is 1. The maximum atomic E-state index is 10.8. The quantitative estimate of drug-likeness (QED) is 0.784. The Morgan fingerprint density at radius 1 is 1.50 bits per heavy atom. The van der Waals surface area contributed by atoms with E-state index in [1.54, 1.807) is 0 Å². The van der Waals surface area contributed by atoms with E-state index in [0.29, 0.717) is 5.82 Å². The second kappa shape index (κ2) is 3.94. The Morgan fingerprint density at radius 3 is 2.81 bits per heavy atom. The van der Waals surface area contributed by atoms with E-state index in [1.165, 1.54) is 0 Å². The minimum atomic E-state index is -0.449. The van der Waals surface area contributed by atoms with E-state index in [-0.39, 0.29) is 6.42 Å². The fraction of sp³-hybridized carbons (Fsp3) is 0.273. The lowest BCUT2D eigenvalue weighted by Gasteiger charge is -2.09. The molecule has 1 amide bonds. The summed E-state index contributed by atoms with van der Waals surface area (Å²) < 4.78 is 1.89. The van der Waals surface area contributed by atoms with Crippen LogP contribution in [0.15, 0.2) is 24.3 Å². The van der Waals surface area contributed by atoms with Crippen LogP contribution >= 0.6 is 0 Å². The van der Waals surface area contributed by atoms with Crippen LogP contribution in [0.3, 0.4) is 0 Å². The van der Waals surface area contributed by atoms with E-state index in [0.717, 1.165) is 11.0 Å². The highest BCUT2D eigenvalue weighted by atomic mass is 16.1. The van der Waals surface area contributed by atoms with Crippen LogP contribution in [0.4, 0.5) is 0 Å². The summed E-state index contributed by atoms with van der Waals surface area (Å²) in [5, 5.41) is 0. The van der Waals surface area contributed by atoms with Gasteiger partial charge in [-0.2, -0.15) is 0 Å².